The number of hydrogen-bond donors (Lipinski definition) is 2. The second kappa shape index (κ2) is 3.52. The van der Waals surface area contributed by atoms with Crippen LogP contribution in [0.25, 0.3) is 0 Å². The number of hydrogen-bond acceptors (Lipinski definition) is 3. The molecular weight excluding hydrogens is 142 g/mol. The van der Waals surface area contributed by atoms with Crippen LogP contribution in [0.4, 0.5) is 0 Å². The first-order valence-electron chi connectivity index (χ1n) is 3.83. The maximum Gasteiger partial charge on any atom is 0.0973 e. The molecule has 1 atom stereocenters. The summed E-state index contributed by atoms with van der Waals surface area (Å²) >= 11 is 0. The van der Waals surface area contributed by atoms with Crippen molar-refractivity contribution in [3.05, 3.63) is 0 Å². The zero-order valence-corrected chi connectivity index (χ0v) is 7.85. The molecule has 0 rings (SSSR count). The van der Waals surface area contributed by atoms with Crippen LogP contribution in [0, 0.1) is 0 Å². The fourth-order valence-electron chi connectivity index (χ4n) is 0.431. The first kappa shape index (κ1) is 10.9. The van der Waals surface area contributed by atoms with Crippen molar-refractivity contribution in [2.24, 2.45) is 5.73 Å². The molecule has 0 heterocycles. The van der Waals surface area contributed by atoms with Crippen molar-refractivity contribution in [1.29, 1.82) is 0 Å². The first-order valence-corrected chi connectivity index (χ1v) is 3.83. The van der Waals surface area contributed by atoms with Gasteiger partial charge in [0.2, 0.25) is 0 Å². The molecule has 0 aliphatic rings. The molecule has 0 radical (unpaired) electrons. The second-order valence-electron chi connectivity index (χ2n) is 4.10. The van der Waals surface area contributed by atoms with Crippen LogP contribution in [0.2, 0.25) is 0 Å². The van der Waals surface area contributed by atoms with Crippen molar-refractivity contribution >= 4 is 0 Å². The lowest BCUT2D eigenvalue weighted by Gasteiger charge is -2.27. The van der Waals surface area contributed by atoms with E-state index in [0.29, 0.717) is 0 Å². The Balaban J connectivity index is 3.70. The van der Waals surface area contributed by atoms with Gasteiger partial charge < -0.3 is 15.6 Å². The molecule has 0 aromatic rings. The Morgan fingerprint density at radius 3 is 2.00 bits per heavy atom. The summed E-state index contributed by atoms with van der Waals surface area (Å²) in [5.74, 6) is 0. The van der Waals surface area contributed by atoms with Crippen molar-refractivity contribution in [3.63, 3.8) is 0 Å². The van der Waals surface area contributed by atoms with Gasteiger partial charge in [-0.05, 0) is 27.7 Å². The third-order valence-corrected chi connectivity index (χ3v) is 1.26. The normalized spacial score (nSPS) is 18.0. The summed E-state index contributed by atoms with van der Waals surface area (Å²) in [5.41, 5.74) is 4.20. The highest BCUT2D eigenvalue weighted by molar-refractivity contribution is 4.74. The Hall–Kier alpha value is -0.120. The van der Waals surface area contributed by atoms with Crippen LogP contribution in [-0.2, 0) is 4.74 Å². The lowest BCUT2D eigenvalue weighted by molar-refractivity contribution is -0.0865. The molecule has 0 aromatic heterocycles. The highest BCUT2D eigenvalue weighted by Crippen LogP contribution is 2.11. The van der Waals surface area contributed by atoms with E-state index in [1.807, 2.05) is 20.8 Å². The van der Waals surface area contributed by atoms with Gasteiger partial charge in [0.1, 0.15) is 0 Å². The van der Waals surface area contributed by atoms with Crippen LogP contribution >= 0.6 is 0 Å². The second-order valence-corrected chi connectivity index (χ2v) is 4.10. The Labute approximate surface area is 68.5 Å². The summed E-state index contributed by atoms with van der Waals surface area (Å²) in [6, 6.07) is 0. The van der Waals surface area contributed by atoms with Gasteiger partial charge in [-0.25, -0.2) is 0 Å². The van der Waals surface area contributed by atoms with Crippen molar-refractivity contribution in [2.75, 3.05) is 13.2 Å². The monoisotopic (exact) mass is 161 g/mol. The van der Waals surface area contributed by atoms with E-state index in [2.05, 4.69) is 0 Å². The van der Waals surface area contributed by atoms with Crippen LogP contribution in [0.1, 0.15) is 27.7 Å². The molecule has 0 saturated heterocycles. The molecule has 0 fully saturated rings. The minimum atomic E-state index is -0.896. The number of nitrogens with two attached hydrogens (primary N) is 1. The van der Waals surface area contributed by atoms with Gasteiger partial charge in [-0.15, -0.1) is 0 Å². The summed E-state index contributed by atoms with van der Waals surface area (Å²) in [5, 5.41) is 9.44. The van der Waals surface area contributed by atoms with Crippen molar-refractivity contribution in [2.45, 2.75) is 38.9 Å². The van der Waals surface area contributed by atoms with Crippen LogP contribution in [-0.4, -0.2) is 29.5 Å². The van der Waals surface area contributed by atoms with E-state index in [0.717, 1.165) is 0 Å². The minimum absolute atomic E-state index is 0.209. The molecule has 3 N–H and O–H groups in total. The van der Waals surface area contributed by atoms with Crippen LogP contribution < -0.4 is 5.73 Å². The van der Waals surface area contributed by atoms with Gasteiger partial charge in [0.05, 0.1) is 17.8 Å². The smallest absolute Gasteiger partial charge is 0.0973 e. The van der Waals surface area contributed by atoms with Gasteiger partial charge in [0.25, 0.3) is 0 Å². The molecule has 68 valence electrons. The van der Waals surface area contributed by atoms with Crippen LogP contribution in [0.3, 0.4) is 0 Å². The van der Waals surface area contributed by atoms with Crippen LogP contribution in [0.15, 0.2) is 0 Å². The van der Waals surface area contributed by atoms with E-state index in [9.17, 15) is 5.11 Å². The topological polar surface area (TPSA) is 55.5 Å². The number of ether oxygens (including phenoxy) is 1. The predicted octanol–water partition coefficient (Wildman–Crippen LogP) is 0.511. The largest absolute Gasteiger partial charge is 0.386 e. The van der Waals surface area contributed by atoms with E-state index in [4.69, 9.17) is 10.5 Å². The quantitative estimate of drug-likeness (QED) is 0.634. The predicted molar refractivity (Wildman–Crippen MR) is 45.4 cm³/mol. The summed E-state index contributed by atoms with van der Waals surface area (Å²) < 4.78 is 5.36. The van der Waals surface area contributed by atoms with Gasteiger partial charge in [-0.3, -0.25) is 0 Å². The Morgan fingerprint density at radius 1 is 1.27 bits per heavy atom. The van der Waals surface area contributed by atoms with Gasteiger partial charge in [-0.1, -0.05) is 0 Å². The van der Waals surface area contributed by atoms with E-state index in [-0.39, 0.29) is 18.8 Å². The maximum absolute atomic E-state index is 9.44. The third-order valence-electron chi connectivity index (χ3n) is 1.26. The lowest BCUT2D eigenvalue weighted by Crippen LogP contribution is -2.41. The molecule has 1 unspecified atom stereocenters. The summed E-state index contributed by atoms with van der Waals surface area (Å²) in [4.78, 5) is 0. The third kappa shape index (κ3) is 6.28. The fraction of sp³-hybridized carbons (Fsp3) is 1.00. The molecule has 0 aliphatic heterocycles. The van der Waals surface area contributed by atoms with Gasteiger partial charge in [-0.2, -0.15) is 0 Å². The molecule has 0 aromatic carbocycles. The van der Waals surface area contributed by atoms with E-state index in [1.165, 1.54) is 0 Å². The summed E-state index contributed by atoms with van der Waals surface area (Å²) in [6.45, 7) is 8.01. The molecular formula is C8H19NO2. The lowest BCUT2D eigenvalue weighted by atomic mass is 10.1. The molecule has 0 aliphatic carbocycles. The molecule has 3 heteroatoms. The molecule has 0 spiro atoms. The van der Waals surface area contributed by atoms with Gasteiger partial charge >= 0.3 is 0 Å². The zero-order valence-electron chi connectivity index (χ0n) is 7.85. The Morgan fingerprint density at radius 2 is 1.73 bits per heavy atom. The van der Waals surface area contributed by atoms with Crippen LogP contribution in [0.5, 0.6) is 0 Å². The Kier molecular flexibility index (Phi) is 3.48. The summed E-state index contributed by atoms with van der Waals surface area (Å²) in [6.07, 6.45) is 0. The van der Waals surface area contributed by atoms with Crippen molar-refractivity contribution < 1.29 is 9.84 Å². The average molecular weight is 161 g/mol. The average Bonchev–Trinajstić information content (AvgIpc) is 1.83. The van der Waals surface area contributed by atoms with E-state index < -0.39 is 5.60 Å². The van der Waals surface area contributed by atoms with E-state index >= 15 is 0 Å². The zero-order chi connectivity index (χ0) is 9.12. The highest BCUT2D eigenvalue weighted by atomic mass is 16.5. The first-order chi connectivity index (χ1) is 4.77. The SMILES string of the molecule is CC(O)(CN)COC(C)(C)C. The fourth-order valence-corrected chi connectivity index (χ4v) is 0.431. The standard InChI is InChI=1S/C8H19NO2/c1-7(2,3)11-6-8(4,10)5-9/h10H,5-6,9H2,1-4H3. The molecule has 3 nitrogen and oxygen atoms in total. The van der Waals surface area contributed by atoms with E-state index in [1.54, 1.807) is 6.92 Å². The van der Waals surface area contributed by atoms with Crippen molar-refractivity contribution in [3.8, 4) is 0 Å². The molecule has 0 bridgehead atoms. The van der Waals surface area contributed by atoms with Crippen molar-refractivity contribution in [1.82, 2.24) is 0 Å². The number of aliphatic hydroxyl groups is 1. The molecule has 0 saturated carbocycles. The maximum atomic E-state index is 9.44. The van der Waals surface area contributed by atoms with Gasteiger partial charge in [0, 0.05) is 6.54 Å². The Bertz CT molecular complexity index is 116. The molecule has 11 heavy (non-hydrogen) atoms. The highest BCUT2D eigenvalue weighted by Gasteiger charge is 2.21. The van der Waals surface area contributed by atoms with Gasteiger partial charge in [0.15, 0.2) is 0 Å². The minimum Gasteiger partial charge on any atom is -0.386 e. The molecule has 0 amide bonds. The summed E-state index contributed by atoms with van der Waals surface area (Å²) in [7, 11) is 0. The number of rotatable bonds is 3.